The number of anilines is 2. The Morgan fingerprint density at radius 1 is 0.970 bits per heavy atom. The Kier molecular flexibility index (Phi) is 4.79. The number of aryl methyl sites for hydroxylation is 1. The zero-order valence-corrected chi connectivity index (χ0v) is 19.0. The van der Waals surface area contributed by atoms with Crippen LogP contribution in [-0.4, -0.2) is 33.1 Å². The average molecular weight is 463 g/mol. The summed E-state index contributed by atoms with van der Waals surface area (Å²) in [4.78, 5) is 27.7. The lowest BCUT2D eigenvalue weighted by atomic mass is 10.0. The van der Waals surface area contributed by atoms with Crippen LogP contribution in [0, 0.1) is 6.92 Å². The molecule has 2 aliphatic rings. The number of ether oxygens (including phenoxy) is 1. The molecule has 0 saturated carbocycles. The van der Waals surface area contributed by atoms with Crippen LogP contribution in [0.25, 0.3) is 0 Å². The Morgan fingerprint density at radius 2 is 1.70 bits per heavy atom. The SMILES string of the molecule is COc1ccc(N2C(=O)CS(=O)(=O)[C@@]23C(=O)N(Cc2cccc(C)c2)c2ccccc23)cc1. The molecule has 2 amide bonds. The lowest BCUT2D eigenvalue weighted by molar-refractivity contribution is -0.123. The number of carbonyl (C=O) groups is 2. The van der Waals surface area contributed by atoms with E-state index in [2.05, 4.69) is 0 Å². The van der Waals surface area contributed by atoms with Gasteiger partial charge in [0.15, 0.2) is 9.84 Å². The summed E-state index contributed by atoms with van der Waals surface area (Å²) in [5.41, 5.74) is 3.01. The number of methoxy groups -OCH3 is 1. The molecule has 0 N–H and O–H groups in total. The smallest absolute Gasteiger partial charge is 0.274 e. The van der Waals surface area contributed by atoms with Crippen molar-refractivity contribution in [2.75, 3.05) is 22.7 Å². The van der Waals surface area contributed by atoms with Crippen LogP contribution >= 0.6 is 0 Å². The van der Waals surface area contributed by atoms with Crippen LogP contribution in [0.5, 0.6) is 5.75 Å². The number of hydrogen-bond acceptors (Lipinski definition) is 5. The summed E-state index contributed by atoms with van der Waals surface area (Å²) < 4.78 is 32.4. The second-order valence-corrected chi connectivity index (χ2v) is 10.3. The van der Waals surface area contributed by atoms with Gasteiger partial charge in [0, 0.05) is 11.3 Å². The minimum atomic E-state index is -4.19. The average Bonchev–Trinajstić information content (AvgIpc) is 3.17. The van der Waals surface area contributed by atoms with E-state index in [1.54, 1.807) is 48.5 Å². The molecule has 33 heavy (non-hydrogen) atoms. The molecule has 1 saturated heterocycles. The van der Waals surface area contributed by atoms with E-state index in [0.29, 0.717) is 22.7 Å². The predicted molar refractivity (Wildman–Crippen MR) is 125 cm³/mol. The van der Waals surface area contributed by atoms with Crippen molar-refractivity contribution in [1.29, 1.82) is 0 Å². The van der Waals surface area contributed by atoms with Crippen molar-refractivity contribution in [3.05, 3.63) is 89.5 Å². The number of amides is 2. The van der Waals surface area contributed by atoms with Crippen molar-refractivity contribution < 1.29 is 22.7 Å². The van der Waals surface area contributed by atoms with E-state index < -0.39 is 32.3 Å². The monoisotopic (exact) mass is 462 g/mol. The zero-order valence-electron chi connectivity index (χ0n) is 18.2. The lowest BCUT2D eigenvalue weighted by Gasteiger charge is -2.32. The molecule has 3 aromatic carbocycles. The molecule has 2 aliphatic heterocycles. The van der Waals surface area contributed by atoms with Gasteiger partial charge in [-0.25, -0.2) is 8.42 Å². The van der Waals surface area contributed by atoms with Gasteiger partial charge in [0.1, 0.15) is 11.5 Å². The fourth-order valence-electron chi connectivity index (χ4n) is 4.77. The van der Waals surface area contributed by atoms with Crippen molar-refractivity contribution in [2.45, 2.75) is 18.3 Å². The van der Waals surface area contributed by atoms with Crippen LogP contribution in [0.2, 0.25) is 0 Å². The highest BCUT2D eigenvalue weighted by Crippen LogP contribution is 2.52. The van der Waals surface area contributed by atoms with E-state index in [1.807, 2.05) is 31.2 Å². The number of rotatable bonds is 4. The van der Waals surface area contributed by atoms with Gasteiger partial charge < -0.3 is 9.64 Å². The van der Waals surface area contributed by atoms with E-state index in [1.165, 1.54) is 12.0 Å². The first-order valence-corrected chi connectivity index (χ1v) is 12.1. The van der Waals surface area contributed by atoms with Crippen molar-refractivity contribution >= 4 is 33.0 Å². The number of fused-ring (bicyclic) bond motifs is 2. The van der Waals surface area contributed by atoms with Crippen LogP contribution in [0.1, 0.15) is 16.7 Å². The van der Waals surface area contributed by atoms with Gasteiger partial charge in [-0.15, -0.1) is 0 Å². The largest absolute Gasteiger partial charge is 0.497 e. The maximum Gasteiger partial charge on any atom is 0.274 e. The molecule has 1 fully saturated rings. The van der Waals surface area contributed by atoms with Crippen molar-refractivity contribution in [1.82, 2.24) is 0 Å². The van der Waals surface area contributed by atoms with Crippen LogP contribution in [0.3, 0.4) is 0 Å². The fourth-order valence-corrected chi connectivity index (χ4v) is 6.81. The molecule has 8 heteroatoms. The van der Waals surface area contributed by atoms with Crippen LogP contribution < -0.4 is 14.5 Å². The first-order chi connectivity index (χ1) is 15.8. The van der Waals surface area contributed by atoms with Crippen molar-refractivity contribution in [3.63, 3.8) is 0 Å². The first kappa shape index (κ1) is 21.2. The molecule has 0 bridgehead atoms. The number of carbonyl (C=O) groups excluding carboxylic acids is 2. The summed E-state index contributed by atoms with van der Waals surface area (Å²) >= 11 is 0. The van der Waals surface area contributed by atoms with Crippen LogP contribution in [0.4, 0.5) is 11.4 Å². The quantitative estimate of drug-likeness (QED) is 0.595. The van der Waals surface area contributed by atoms with Gasteiger partial charge in [-0.3, -0.25) is 14.5 Å². The van der Waals surface area contributed by atoms with Gasteiger partial charge in [0.25, 0.3) is 10.8 Å². The molecule has 2 heterocycles. The van der Waals surface area contributed by atoms with Crippen molar-refractivity contribution in [2.24, 2.45) is 0 Å². The highest BCUT2D eigenvalue weighted by atomic mass is 32.2. The molecule has 0 unspecified atom stereocenters. The molecule has 3 aromatic rings. The number of benzene rings is 3. The van der Waals surface area contributed by atoms with Crippen LogP contribution in [-0.2, 0) is 30.8 Å². The van der Waals surface area contributed by atoms with E-state index in [-0.39, 0.29) is 6.54 Å². The van der Waals surface area contributed by atoms with Gasteiger partial charge in [-0.1, -0.05) is 48.0 Å². The normalized spacial score (nSPS) is 21.0. The molecule has 1 spiro atoms. The summed E-state index contributed by atoms with van der Waals surface area (Å²) in [6.07, 6.45) is 0. The summed E-state index contributed by atoms with van der Waals surface area (Å²) in [5.74, 6) is -1.47. The maximum absolute atomic E-state index is 14.1. The highest BCUT2D eigenvalue weighted by Gasteiger charge is 2.69. The zero-order chi connectivity index (χ0) is 23.4. The second-order valence-electron chi connectivity index (χ2n) is 8.23. The Morgan fingerprint density at radius 3 is 2.39 bits per heavy atom. The van der Waals surface area contributed by atoms with Gasteiger partial charge >= 0.3 is 0 Å². The number of para-hydroxylation sites is 1. The molecule has 168 valence electrons. The Hall–Kier alpha value is -3.65. The third-order valence-electron chi connectivity index (χ3n) is 6.18. The van der Waals surface area contributed by atoms with E-state index in [0.717, 1.165) is 16.0 Å². The summed E-state index contributed by atoms with van der Waals surface area (Å²) in [6.45, 7) is 2.15. The van der Waals surface area contributed by atoms with Gasteiger partial charge in [0.05, 0.1) is 19.3 Å². The molecule has 1 atom stereocenters. The Labute approximate surface area is 192 Å². The molecule has 7 nitrogen and oxygen atoms in total. The lowest BCUT2D eigenvalue weighted by Crippen LogP contribution is -2.54. The standard InChI is InChI=1S/C25H22N2O5S/c1-17-6-5-7-18(14-17)15-26-22-9-4-3-8-21(22)25(24(26)29)27(23(28)16-33(25,30)31)19-10-12-20(32-2)13-11-19/h3-14H,15-16H2,1-2H3/t25-/m0/s1. The summed E-state index contributed by atoms with van der Waals surface area (Å²) in [6, 6.07) is 21.0. The van der Waals surface area contributed by atoms with E-state index >= 15 is 0 Å². The summed E-state index contributed by atoms with van der Waals surface area (Å²) in [7, 11) is -2.67. The topological polar surface area (TPSA) is 84.0 Å². The van der Waals surface area contributed by atoms with Gasteiger partial charge in [-0.2, -0.15) is 0 Å². The fraction of sp³-hybridized carbons (Fsp3) is 0.200. The second kappa shape index (κ2) is 7.45. The third kappa shape index (κ3) is 2.97. The number of hydrogen-bond donors (Lipinski definition) is 0. The molecule has 5 rings (SSSR count). The Balaban J connectivity index is 1.71. The highest BCUT2D eigenvalue weighted by molar-refractivity contribution is 7.94. The Bertz CT molecular complexity index is 1380. The molecular weight excluding hydrogens is 440 g/mol. The molecule has 0 aromatic heterocycles. The number of sulfone groups is 1. The van der Waals surface area contributed by atoms with Crippen LogP contribution in [0.15, 0.2) is 72.8 Å². The summed E-state index contributed by atoms with van der Waals surface area (Å²) in [5, 5.41) is 0. The van der Waals surface area contributed by atoms with Crippen molar-refractivity contribution in [3.8, 4) is 5.75 Å². The molecule has 0 aliphatic carbocycles. The first-order valence-electron chi connectivity index (χ1n) is 10.5. The minimum absolute atomic E-state index is 0.194. The maximum atomic E-state index is 14.1. The molecule has 0 radical (unpaired) electrons. The third-order valence-corrected chi connectivity index (χ3v) is 8.28. The molecular formula is C25H22N2O5S. The minimum Gasteiger partial charge on any atom is -0.497 e. The predicted octanol–water partition coefficient (Wildman–Crippen LogP) is 3.16. The van der Waals surface area contributed by atoms with Gasteiger partial charge in [-0.05, 0) is 42.8 Å². The number of nitrogens with zero attached hydrogens (tertiary/aromatic N) is 2. The van der Waals surface area contributed by atoms with E-state index in [4.69, 9.17) is 4.74 Å². The van der Waals surface area contributed by atoms with E-state index in [9.17, 15) is 18.0 Å². The van der Waals surface area contributed by atoms with Gasteiger partial charge in [0.2, 0.25) is 5.91 Å².